The van der Waals surface area contributed by atoms with E-state index in [1.165, 1.54) is 7.11 Å². The Morgan fingerprint density at radius 1 is 1.40 bits per heavy atom. The van der Waals surface area contributed by atoms with Crippen molar-refractivity contribution in [2.45, 2.75) is 25.1 Å². The van der Waals surface area contributed by atoms with Gasteiger partial charge in [0.05, 0.1) is 13.2 Å². The number of aliphatic hydroxyl groups is 1. The van der Waals surface area contributed by atoms with Gasteiger partial charge in [0.2, 0.25) is 0 Å². The Kier molecular flexibility index (Phi) is 4.77. The number of methoxy groups -OCH3 is 1. The van der Waals surface area contributed by atoms with Gasteiger partial charge in [0.1, 0.15) is 6.04 Å². The topological polar surface area (TPSA) is 90.2 Å². The van der Waals surface area contributed by atoms with E-state index in [0.717, 1.165) is 5.56 Å². The third-order valence-electron chi connectivity index (χ3n) is 3.52. The number of likely N-dealkylation sites (tertiary alicyclic amines) is 1. The highest BCUT2D eigenvalue weighted by atomic mass is 16.5. The van der Waals surface area contributed by atoms with Crippen LogP contribution in [-0.2, 0) is 16.1 Å². The molecule has 6 nitrogen and oxygen atoms in total. The maximum Gasteiger partial charge on any atom is 0.488 e. The van der Waals surface area contributed by atoms with E-state index in [-0.39, 0.29) is 5.97 Å². The highest BCUT2D eigenvalue weighted by Crippen LogP contribution is 2.21. The molecule has 3 N–H and O–H groups in total. The lowest BCUT2D eigenvalue weighted by Crippen LogP contribution is -2.36. The SMILES string of the molecule is COC(=O)[C@@H]1C[C@@H](O)CN1Cc1ccc(B(O)O)cc1. The zero-order valence-electron chi connectivity index (χ0n) is 11.3. The number of hydrogen-bond acceptors (Lipinski definition) is 6. The van der Waals surface area contributed by atoms with Crippen molar-refractivity contribution in [3.8, 4) is 0 Å². The highest BCUT2D eigenvalue weighted by Gasteiger charge is 2.36. The maximum absolute atomic E-state index is 11.7. The Morgan fingerprint density at radius 3 is 2.60 bits per heavy atom. The van der Waals surface area contributed by atoms with Crippen LogP contribution in [0.3, 0.4) is 0 Å². The number of rotatable bonds is 4. The molecule has 2 rings (SSSR count). The molecule has 1 heterocycles. The normalized spacial score (nSPS) is 22.8. The van der Waals surface area contributed by atoms with Gasteiger partial charge in [-0.05, 0) is 11.0 Å². The fourth-order valence-electron chi connectivity index (χ4n) is 2.47. The monoisotopic (exact) mass is 279 g/mol. The standard InChI is InChI=1S/C13H18BNO5/c1-20-13(17)12-6-11(16)8-15(12)7-9-2-4-10(5-3-9)14(18)19/h2-5,11-12,16,18-19H,6-8H2,1H3/t11-,12+/m1/s1. The molecule has 0 aromatic heterocycles. The van der Waals surface area contributed by atoms with E-state index < -0.39 is 19.3 Å². The summed E-state index contributed by atoms with van der Waals surface area (Å²) in [6.07, 6.45) is -0.155. The Hall–Kier alpha value is -1.41. The number of carbonyl (C=O) groups excluding carboxylic acids is 1. The maximum atomic E-state index is 11.7. The molecule has 1 aromatic carbocycles. The number of hydrogen-bond donors (Lipinski definition) is 3. The average molecular weight is 279 g/mol. The highest BCUT2D eigenvalue weighted by molar-refractivity contribution is 6.58. The van der Waals surface area contributed by atoms with Crippen LogP contribution in [0.15, 0.2) is 24.3 Å². The van der Waals surface area contributed by atoms with E-state index in [2.05, 4.69) is 0 Å². The Bertz CT molecular complexity index is 464. The van der Waals surface area contributed by atoms with Gasteiger partial charge in [0, 0.05) is 19.5 Å². The van der Waals surface area contributed by atoms with E-state index in [9.17, 15) is 9.90 Å². The summed E-state index contributed by atoms with van der Waals surface area (Å²) in [5.41, 5.74) is 1.34. The lowest BCUT2D eigenvalue weighted by Gasteiger charge is -2.22. The van der Waals surface area contributed by atoms with Gasteiger partial charge in [0.15, 0.2) is 0 Å². The molecule has 0 bridgehead atoms. The van der Waals surface area contributed by atoms with Gasteiger partial charge in [0.25, 0.3) is 0 Å². The second-order valence-corrected chi connectivity index (χ2v) is 4.97. The molecule has 1 aromatic rings. The Morgan fingerprint density at radius 2 is 2.05 bits per heavy atom. The van der Waals surface area contributed by atoms with E-state index in [0.29, 0.717) is 25.0 Å². The van der Waals surface area contributed by atoms with Crippen molar-refractivity contribution in [2.24, 2.45) is 0 Å². The minimum atomic E-state index is -1.49. The van der Waals surface area contributed by atoms with E-state index in [1.54, 1.807) is 24.3 Å². The molecule has 1 saturated heterocycles. The van der Waals surface area contributed by atoms with Crippen LogP contribution in [0.25, 0.3) is 0 Å². The van der Waals surface area contributed by atoms with Crippen LogP contribution in [0, 0.1) is 0 Å². The van der Waals surface area contributed by atoms with Crippen LogP contribution in [0.2, 0.25) is 0 Å². The Labute approximate surface area is 117 Å². The minimum Gasteiger partial charge on any atom is -0.468 e. The van der Waals surface area contributed by atoms with Gasteiger partial charge < -0.3 is 19.9 Å². The lowest BCUT2D eigenvalue weighted by atomic mass is 9.80. The van der Waals surface area contributed by atoms with E-state index in [1.807, 2.05) is 4.90 Å². The molecule has 1 aliphatic rings. The number of aliphatic hydroxyl groups excluding tert-OH is 1. The third kappa shape index (κ3) is 3.37. The van der Waals surface area contributed by atoms with Crippen molar-refractivity contribution in [1.82, 2.24) is 4.90 Å². The largest absolute Gasteiger partial charge is 0.488 e. The van der Waals surface area contributed by atoms with Gasteiger partial charge in [-0.25, -0.2) is 0 Å². The second kappa shape index (κ2) is 6.36. The first-order valence-electron chi connectivity index (χ1n) is 6.46. The van der Waals surface area contributed by atoms with Gasteiger partial charge in [-0.3, -0.25) is 9.69 Å². The van der Waals surface area contributed by atoms with Gasteiger partial charge in [-0.2, -0.15) is 0 Å². The smallest absolute Gasteiger partial charge is 0.468 e. The van der Waals surface area contributed by atoms with Gasteiger partial charge in [-0.1, -0.05) is 24.3 Å². The minimum absolute atomic E-state index is 0.344. The molecule has 1 aliphatic heterocycles. The number of β-amino-alcohol motifs (C(OH)–C–C–N with tert-alkyl or cyclic N) is 1. The lowest BCUT2D eigenvalue weighted by molar-refractivity contribution is -0.146. The zero-order chi connectivity index (χ0) is 14.7. The summed E-state index contributed by atoms with van der Waals surface area (Å²) in [5.74, 6) is -0.344. The summed E-state index contributed by atoms with van der Waals surface area (Å²) in [6, 6.07) is 6.36. The third-order valence-corrected chi connectivity index (χ3v) is 3.52. The fraction of sp³-hybridized carbons (Fsp3) is 0.462. The number of nitrogens with zero attached hydrogens (tertiary/aromatic N) is 1. The molecule has 0 amide bonds. The van der Waals surface area contributed by atoms with Crippen molar-refractivity contribution in [1.29, 1.82) is 0 Å². The fourth-order valence-corrected chi connectivity index (χ4v) is 2.47. The molecule has 108 valence electrons. The summed E-state index contributed by atoms with van der Waals surface area (Å²) in [7, 11) is -0.150. The second-order valence-electron chi connectivity index (χ2n) is 4.97. The van der Waals surface area contributed by atoms with Crippen molar-refractivity contribution in [2.75, 3.05) is 13.7 Å². The van der Waals surface area contributed by atoms with Crippen LogP contribution in [0.5, 0.6) is 0 Å². The number of benzene rings is 1. The zero-order valence-corrected chi connectivity index (χ0v) is 11.3. The number of ether oxygens (including phenoxy) is 1. The van der Waals surface area contributed by atoms with Gasteiger partial charge >= 0.3 is 13.1 Å². The molecule has 0 aliphatic carbocycles. The number of esters is 1. The van der Waals surface area contributed by atoms with Crippen LogP contribution in [0.4, 0.5) is 0 Å². The molecular weight excluding hydrogens is 261 g/mol. The van der Waals surface area contributed by atoms with Crippen molar-refractivity contribution < 1.29 is 24.7 Å². The summed E-state index contributed by atoms with van der Waals surface area (Å²) in [4.78, 5) is 13.5. The molecule has 1 fully saturated rings. The molecule has 0 radical (unpaired) electrons. The predicted molar refractivity (Wildman–Crippen MR) is 73.1 cm³/mol. The molecule has 0 unspecified atom stereocenters. The summed E-state index contributed by atoms with van der Waals surface area (Å²) in [5, 5.41) is 27.8. The molecule has 0 spiro atoms. The van der Waals surface area contributed by atoms with Crippen molar-refractivity contribution in [3.63, 3.8) is 0 Å². The number of carbonyl (C=O) groups is 1. The van der Waals surface area contributed by atoms with Crippen LogP contribution in [0.1, 0.15) is 12.0 Å². The van der Waals surface area contributed by atoms with Crippen LogP contribution < -0.4 is 5.46 Å². The average Bonchev–Trinajstić information content (AvgIpc) is 2.79. The summed E-state index contributed by atoms with van der Waals surface area (Å²) >= 11 is 0. The van der Waals surface area contributed by atoms with Crippen LogP contribution in [-0.4, -0.2) is 58.9 Å². The molecule has 20 heavy (non-hydrogen) atoms. The molecule has 0 saturated carbocycles. The van der Waals surface area contributed by atoms with Crippen molar-refractivity contribution in [3.05, 3.63) is 29.8 Å². The Balaban J connectivity index is 2.06. The van der Waals surface area contributed by atoms with Crippen molar-refractivity contribution >= 4 is 18.6 Å². The summed E-state index contributed by atoms with van der Waals surface area (Å²) < 4.78 is 4.74. The molecule has 2 atom stereocenters. The van der Waals surface area contributed by atoms with E-state index in [4.69, 9.17) is 14.8 Å². The first-order chi connectivity index (χ1) is 9.51. The first-order valence-corrected chi connectivity index (χ1v) is 6.46. The van der Waals surface area contributed by atoms with Crippen LogP contribution >= 0.6 is 0 Å². The van der Waals surface area contributed by atoms with E-state index >= 15 is 0 Å². The molecular formula is C13H18BNO5. The quantitative estimate of drug-likeness (QED) is 0.458. The first kappa shape index (κ1) is 15.0. The van der Waals surface area contributed by atoms with Gasteiger partial charge in [-0.15, -0.1) is 0 Å². The molecule has 7 heteroatoms. The summed E-state index contributed by atoms with van der Waals surface area (Å²) in [6.45, 7) is 0.919. The predicted octanol–water partition coefficient (Wildman–Crippen LogP) is -1.53.